The number of ether oxygens (including phenoxy) is 1. The Morgan fingerprint density at radius 2 is 1.87 bits per heavy atom. The van der Waals surface area contributed by atoms with Crippen molar-refractivity contribution in [1.82, 2.24) is 10.4 Å². The average Bonchev–Trinajstić information content (AvgIpc) is 3.34. The third kappa shape index (κ3) is 4.52. The maximum absolute atomic E-state index is 13.6. The summed E-state index contributed by atoms with van der Waals surface area (Å²) in [5.74, 6) is 0.0947. The van der Waals surface area contributed by atoms with Crippen LogP contribution in [0.3, 0.4) is 0 Å². The lowest BCUT2D eigenvalue weighted by Crippen LogP contribution is -2.36. The quantitative estimate of drug-likeness (QED) is 0.361. The fraction of sp³-hybridized carbons (Fsp3) is 0.167. The fourth-order valence-corrected chi connectivity index (χ4v) is 4.32. The fourth-order valence-electron chi connectivity index (χ4n) is 3.66. The smallest absolute Gasteiger partial charge is 0.274 e. The Bertz CT molecular complexity index is 1120. The topological polar surface area (TPSA) is 78.9 Å². The first-order chi connectivity index (χ1) is 15.1. The number of methoxy groups -OCH3 is 1. The third-order valence-corrected chi connectivity index (χ3v) is 6.15. The molecule has 0 saturated heterocycles. The molecule has 158 valence electrons. The van der Waals surface area contributed by atoms with E-state index in [0.717, 1.165) is 27.3 Å². The molecule has 1 aromatic heterocycles. The van der Waals surface area contributed by atoms with Gasteiger partial charge in [0.05, 0.1) is 7.11 Å². The first kappa shape index (κ1) is 20.8. The summed E-state index contributed by atoms with van der Waals surface area (Å²) in [6, 6.07) is 16.7. The van der Waals surface area contributed by atoms with E-state index in [1.807, 2.05) is 53.9 Å². The van der Waals surface area contributed by atoms with Crippen molar-refractivity contribution in [3.05, 3.63) is 87.1 Å². The van der Waals surface area contributed by atoms with Gasteiger partial charge in [0.15, 0.2) is 0 Å². The monoisotopic (exact) mass is 434 g/mol. The van der Waals surface area contributed by atoms with Crippen LogP contribution in [0.15, 0.2) is 60.0 Å². The van der Waals surface area contributed by atoms with Crippen LogP contribution in [0.4, 0.5) is 0 Å². The number of nitrogens with zero attached hydrogens (tertiary/aromatic N) is 1. The van der Waals surface area contributed by atoms with Crippen molar-refractivity contribution in [3.63, 3.8) is 0 Å². The van der Waals surface area contributed by atoms with Gasteiger partial charge < -0.3 is 9.64 Å². The Balaban J connectivity index is 1.65. The van der Waals surface area contributed by atoms with Crippen molar-refractivity contribution in [2.24, 2.45) is 0 Å². The van der Waals surface area contributed by atoms with Crippen LogP contribution in [0.1, 0.15) is 31.9 Å². The normalized spacial score (nSPS) is 13.5. The second-order valence-corrected chi connectivity index (χ2v) is 8.18. The Morgan fingerprint density at radius 3 is 2.55 bits per heavy atom. The Hall–Kier alpha value is -3.42. The van der Waals surface area contributed by atoms with E-state index in [1.165, 1.54) is 0 Å². The molecule has 0 fully saturated rings. The molecule has 0 bridgehead atoms. The standard InChI is InChI=1S/C24H22N2O4S/c1-30-20-8-6-17(7-9-20)22(14-21-3-2-12-31-21)24(28)26-11-10-16-4-5-18(23(27)25-29)13-19(16)15-26/h2-9,12-14,29H,10-11,15H2,1H3,(H,25,27)/b22-14+. The summed E-state index contributed by atoms with van der Waals surface area (Å²) >= 11 is 1.57. The lowest BCUT2D eigenvalue weighted by molar-refractivity contribution is -0.125. The number of nitrogens with one attached hydrogen (secondary N) is 1. The van der Waals surface area contributed by atoms with Crippen LogP contribution < -0.4 is 10.2 Å². The second kappa shape index (κ2) is 9.16. The largest absolute Gasteiger partial charge is 0.497 e. The van der Waals surface area contributed by atoms with Gasteiger partial charge in [-0.05, 0) is 64.9 Å². The number of carbonyl (C=O) groups is 2. The number of amides is 2. The molecule has 0 aliphatic carbocycles. The van der Waals surface area contributed by atoms with Crippen LogP contribution >= 0.6 is 11.3 Å². The molecule has 31 heavy (non-hydrogen) atoms. The highest BCUT2D eigenvalue weighted by atomic mass is 32.1. The molecule has 2 aromatic carbocycles. The number of thiophene rings is 1. The third-order valence-electron chi connectivity index (χ3n) is 5.33. The Kier molecular flexibility index (Phi) is 6.16. The first-order valence-electron chi connectivity index (χ1n) is 9.84. The highest BCUT2D eigenvalue weighted by Gasteiger charge is 2.25. The molecule has 2 heterocycles. The van der Waals surface area contributed by atoms with Crippen LogP contribution in [0, 0.1) is 0 Å². The van der Waals surface area contributed by atoms with Crippen LogP contribution in [-0.4, -0.2) is 35.6 Å². The highest BCUT2D eigenvalue weighted by Crippen LogP contribution is 2.28. The number of carbonyl (C=O) groups excluding carboxylic acids is 2. The summed E-state index contributed by atoms with van der Waals surface area (Å²) < 4.78 is 5.25. The van der Waals surface area contributed by atoms with Gasteiger partial charge in [-0.1, -0.05) is 24.3 Å². The van der Waals surface area contributed by atoms with Gasteiger partial charge in [-0.25, -0.2) is 5.48 Å². The van der Waals surface area contributed by atoms with Gasteiger partial charge in [-0.3, -0.25) is 14.8 Å². The zero-order valence-electron chi connectivity index (χ0n) is 17.0. The van der Waals surface area contributed by atoms with E-state index in [9.17, 15) is 9.59 Å². The number of fused-ring (bicyclic) bond motifs is 1. The molecule has 2 amide bonds. The van der Waals surface area contributed by atoms with Crippen LogP contribution in [0.25, 0.3) is 11.6 Å². The number of hydroxylamine groups is 1. The van der Waals surface area contributed by atoms with Gasteiger partial charge in [0.25, 0.3) is 11.8 Å². The van der Waals surface area contributed by atoms with Crippen LogP contribution in [0.2, 0.25) is 0 Å². The zero-order valence-corrected chi connectivity index (χ0v) is 17.8. The van der Waals surface area contributed by atoms with E-state index in [-0.39, 0.29) is 5.91 Å². The van der Waals surface area contributed by atoms with Crippen LogP contribution in [0.5, 0.6) is 5.75 Å². The zero-order chi connectivity index (χ0) is 21.8. The van der Waals surface area contributed by atoms with Crippen molar-refractivity contribution in [2.75, 3.05) is 13.7 Å². The number of hydrogen-bond acceptors (Lipinski definition) is 5. The number of hydrogen-bond donors (Lipinski definition) is 2. The summed E-state index contributed by atoms with van der Waals surface area (Å²) in [5, 5.41) is 10.9. The summed E-state index contributed by atoms with van der Waals surface area (Å²) in [7, 11) is 1.61. The molecule has 0 atom stereocenters. The summed E-state index contributed by atoms with van der Waals surface area (Å²) in [4.78, 5) is 28.2. The molecule has 3 aromatic rings. The van der Waals surface area contributed by atoms with Gasteiger partial charge in [0.2, 0.25) is 0 Å². The van der Waals surface area contributed by atoms with Gasteiger partial charge in [0.1, 0.15) is 5.75 Å². The van der Waals surface area contributed by atoms with E-state index in [0.29, 0.717) is 30.6 Å². The van der Waals surface area contributed by atoms with E-state index in [4.69, 9.17) is 9.94 Å². The molecular weight excluding hydrogens is 412 g/mol. The average molecular weight is 435 g/mol. The first-order valence-corrected chi connectivity index (χ1v) is 10.7. The maximum atomic E-state index is 13.6. The number of benzene rings is 2. The maximum Gasteiger partial charge on any atom is 0.274 e. The van der Waals surface area contributed by atoms with Gasteiger partial charge in [-0.15, -0.1) is 11.3 Å². The molecule has 0 unspecified atom stereocenters. The molecule has 6 nitrogen and oxygen atoms in total. The van der Waals surface area contributed by atoms with E-state index < -0.39 is 5.91 Å². The van der Waals surface area contributed by atoms with Crippen molar-refractivity contribution < 1.29 is 19.5 Å². The summed E-state index contributed by atoms with van der Waals surface area (Å²) in [5.41, 5.74) is 5.46. The lowest BCUT2D eigenvalue weighted by atomic mass is 9.95. The van der Waals surface area contributed by atoms with E-state index in [2.05, 4.69) is 0 Å². The molecule has 0 spiro atoms. The van der Waals surface area contributed by atoms with Gasteiger partial charge in [-0.2, -0.15) is 0 Å². The van der Waals surface area contributed by atoms with Crippen LogP contribution in [-0.2, 0) is 17.8 Å². The molecule has 0 radical (unpaired) electrons. The molecule has 1 aliphatic heterocycles. The van der Waals surface area contributed by atoms with Crippen molar-refractivity contribution in [3.8, 4) is 5.75 Å². The van der Waals surface area contributed by atoms with Crippen molar-refractivity contribution in [2.45, 2.75) is 13.0 Å². The predicted molar refractivity (Wildman–Crippen MR) is 120 cm³/mol. The van der Waals surface area contributed by atoms with Crippen molar-refractivity contribution in [1.29, 1.82) is 0 Å². The van der Waals surface area contributed by atoms with Gasteiger partial charge in [0, 0.05) is 29.1 Å². The summed E-state index contributed by atoms with van der Waals surface area (Å²) in [6.45, 7) is 0.994. The van der Waals surface area contributed by atoms with E-state index >= 15 is 0 Å². The second-order valence-electron chi connectivity index (χ2n) is 7.20. The molecule has 1 aliphatic rings. The predicted octanol–water partition coefficient (Wildman–Crippen LogP) is 4.00. The summed E-state index contributed by atoms with van der Waals surface area (Å²) in [6.07, 6.45) is 2.62. The Labute approximate surface area is 184 Å². The lowest BCUT2D eigenvalue weighted by Gasteiger charge is -2.30. The Morgan fingerprint density at radius 1 is 1.10 bits per heavy atom. The SMILES string of the molecule is COc1ccc(/C(=C\c2cccs2)C(=O)N2CCc3ccc(C(=O)NO)cc3C2)cc1. The molecule has 4 rings (SSSR count). The molecule has 2 N–H and O–H groups in total. The molecular formula is C24H22N2O4S. The minimum atomic E-state index is -0.567. The number of rotatable bonds is 5. The van der Waals surface area contributed by atoms with E-state index in [1.54, 1.807) is 41.0 Å². The highest BCUT2D eigenvalue weighted by molar-refractivity contribution is 7.11. The minimum Gasteiger partial charge on any atom is -0.497 e. The van der Waals surface area contributed by atoms with Crippen molar-refractivity contribution >= 4 is 34.8 Å². The molecule has 7 heteroatoms. The molecule has 0 saturated carbocycles. The minimum absolute atomic E-state index is 0.0683. The van der Waals surface area contributed by atoms with Gasteiger partial charge >= 0.3 is 0 Å².